The van der Waals surface area contributed by atoms with Crippen molar-refractivity contribution >= 4 is 21.7 Å². The highest BCUT2D eigenvalue weighted by atomic mass is 32.2. The van der Waals surface area contributed by atoms with Gasteiger partial charge in [0.1, 0.15) is 0 Å². The van der Waals surface area contributed by atoms with Gasteiger partial charge in [-0.15, -0.1) is 0 Å². The number of carbonyl (C=O) groups is 1. The van der Waals surface area contributed by atoms with Gasteiger partial charge < -0.3 is 5.11 Å². The van der Waals surface area contributed by atoms with Crippen LogP contribution in [0.3, 0.4) is 0 Å². The lowest BCUT2D eigenvalue weighted by Gasteiger charge is -2.07. The molecule has 2 rings (SSSR count). The number of aromatic amines is 2. The Morgan fingerprint density at radius 2 is 1.86 bits per heavy atom. The fraction of sp³-hybridized carbons (Fsp3) is 0.167. The lowest BCUT2D eigenvalue weighted by atomic mass is 10.1. The third-order valence-corrected chi connectivity index (χ3v) is 3.94. The standard InChI is InChI=1S/C12H13N3O5S/c16-11-7-10(13-14-11)8-1-3-9(4-2-8)15-21(19,20)6-5-12(17)18/h1-4,7,15H,5-6H2,(H,17,18)(H2,13,14,16). The van der Waals surface area contributed by atoms with Crippen molar-refractivity contribution in [3.8, 4) is 11.3 Å². The summed E-state index contributed by atoms with van der Waals surface area (Å²) in [5.74, 6) is -1.66. The number of H-pyrrole nitrogens is 2. The number of aromatic nitrogens is 2. The average Bonchev–Trinajstić information content (AvgIpc) is 2.84. The van der Waals surface area contributed by atoms with Gasteiger partial charge in [0, 0.05) is 11.8 Å². The van der Waals surface area contributed by atoms with Crippen LogP contribution in [0.1, 0.15) is 6.42 Å². The number of anilines is 1. The van der Waals surface area contributed by atoms with Gasteiger partial charge in [0.25, 0.3) is 5.56 Å². The minimum Gasteiger partial charge on any atom is -0.481 e. The Morgan fingerprint density at radius 3 is 2.38 bits per heavy atom. The van der Waals surface area contributed by atoms with Crippen LogP contribution in [0.15, 0.2) is 35.1 Å². The van der Waals surface area contributed by atoms with Crippen LogP contribution in [0.25, 0.3) is 11.3 Å². The first-order chi connectivity index (χ1) is 9.85. The van der Waals surface area contributed by atoms with Crippen LogP contribution in [-0.4, -0.2) is 35.4 Å². The number of hydrogen-bond acceptors (Lipinski definition) is 4. The average molecular weight is 311 g/mol. The molecule has 0 atom stereocenters. The number of hydrogen-bond donors (Lipinski definition) is 4. The summed E-state index contributed by atoms with van der Waals surface area (Å²) in [6.45, 7) is 0. The summed E-state index contributed by atoms with van der Waals surface area (Å²) < 4.78 is 25.6. The predicted molar refractivity (Wildman–Crippen MR) is 76.5 cm³/mol. The van der Waals surface area contributed by atoms with Crippen LogP contribution in [0.4, 0.5) is 5.69 Å². The normalized spacial score (nSPS) is 11.2. The molecule has 1 aromatic heterocycles. The third-order valence-electron chi connectivity index (χ3n) is 2.65. The maximum Gasteiger partial charge on any atom is 0.304 e. The molecule has 0 fully saturated rings. The first kappa shape index (κ1) is 14.9. The Kier molecular flexibility index (Phi) is 4.13. The smallest absolute Gasteiger partial charge is 0.304 e. The van der Waals surface area contributed by atoms with Crippen molar-refractivity contribution in [2.75, 3.05) is 10.5 Å². The van der Waals surface area contributed by atoms with Crippen molar-refractivity contribution in [3.05, 3.63) is 40.7 Å². The molecule has 0 aliphatic carbocycles. The van der Waals surface area contributed by atoms with Crippen molar-refractivity contribution in [1.82, 2.24) is 10.2 Å². The predicted octanol–water partition coefficient (Wildman–Crippen LogP) is 0.586. The summed E-state index contributed by atoms with van der Waals surface area (Å²) in [6.07, 6.45) is -0.460. The summed E-state index contributed by atoms with van der Waals surface area (Å²) in [4.78, 5) is 21.4. The molecule has 9 heteroatoms. The van der Waals surface area contributed by atoms with Crippen LogP contribution in [-0.2, 0) is 14.8 Å². The van der Waals surface area contributed by atoms with Crippen molar-refractivity contribution < 1.29 is 18.3 Å². The van der Waals surface area contributed by atoms with Crippen molar-refractivity contribution in [2.45, 2.75) is 6.42 Å². The zero-order valence-corrected chi connectivity index (χ0v) is 11.6. The zero-order chi connectivity index (χ0) is 15.5. The maximum absolute atomic E-state index is 11.6. The highest BCUT2D eigenvalue weighted by Gasteiger charge is 2.13. The Hall–Kier alpha value is -2.55. The highest BCUT2D eigenvalue weighted by Crippen LogP contribution is 2.18. The van der Waals surface area contributed by atoms with Gasteiger partial charge in [0.05, 0.1) is 17.9 Å². The van der Waals surface area contributed by atoms with Gasteiger partial charge in [0.15, 0.2) is 0 Å². The Balaban J connectivity index is 2.09. The molecule has 0 aliphatic rings. The number of aliphatic carboxylic acids is 1. The van der Waals surface area contributed by atoms with E-state index >= 15 is 0 Å². The number of nitrogens with one attached hydrogen (secondary N) is 3. The molecule has 0 aliphatic heterocycles. The van der Waals surface area contributed by atoms with Gasteiger partial charge in [-0.1, -0.05) is 12.1 Å². The summed E-state index contributed by atoms with van der Waals surface area (Å²) in [5, 5.41) is 13.6. The molecule has 0 saturated heterocycles. The minimum absolute atomic E-state index is 0.261. The molecule has 4 N–H and O–H groups in total. The molecule has 0 unspecified atom stereocenters. The molecule has 1 heterocycles. The summed E-state index contributed by atoms with van der Waals surface area (Å²) in [5.41, 5.74) is 1.35. The molecule has 0 radical (unpaired) electrons. The number of benzene rings is 1. The SMILES string of the molecule is O=C(O)CCS(=O)(=O)Nc1ccc(-c2cc(=O)[nH][nH]2)cc1. The molecular weight excluding hydrogens is 298 g/mol. The lowest BCUT2D eigenvalue weighted by Crippen LogP contribution is -2.18. The van der Waals surface area contributed by atoms with Crippen LogP contribution >= 0.6 is 0 Å². The number of sulfonamides is 1. The third kappa shape index (κ3) is 4.21. The molecule has 1 aromatic carbocycles. The van der Waals surface area contributed by atoms with Crippen LogP contribution in [0, 0.1) is 0 Å². The van der Waals surface area contributed by atoms with E-state index in [-0.39, 0.29) is 5.56 Å². The molecule has 21 heavy (non-hydrogen) atoms. The molecule has 0 saturated carbocycles. The second kappa shape index (κ2) is 5.83. The van der Waals surface area contributed by atoms with Gasteiger partial charge in [0.2, 0.25) is 10.0 Å². The lowest BCUT2D eigenvalue weighted by molar-refractivity contribution is -0.136. The van der Waals surface area contributed by atoms with E-state index in [9.17, 15) is 18.0 Å². The summed E-state index contributed by atoms with van der Waals surface area (Å²) in [7, 11) is -3.70. The van der Waals surface area contributed by atoms with Crippen LogP contribution in [0.5, 0.6) is 0 Å². The largest absolute Gasteiger partial charge is 0.481 e. The van der Waals surface area contributed by atoms with E-state index in [1.165, 1.54) is 18.2 Å². The Morgan fingerprint density at radius 1 is 1.19 bits per heavy atom. The summed E-state index contributed by atoms with van der Waals surface area (Å²) in [6, 6.07) is 7.70. The van der Waals surface area contributed by atoms with Crippen molar-refractivity contribution in [3.63, 3.8) is 0 Å². The van der Waals surface area contributed by atoms with E-state index in [0.717, 1.165) is 0 Å². The van der Waals surface area contributed by atoms with Gasteiger partial charge in [-0.2, -0.15) is 0 Å². The fourth-order valence-electron chi connectivity index (χ4n) is 1.66. The van der Waals surface area contributed by atoms with Gasteiger partial charge in [-0.05, 0) is 17.7 Å². The monoisotopic (exact) mass is 311 g/mol. The first-order valence-electron chi connectivity index (χ1n) is 5.96. The van der Waals surface area contributed by atoms with Gasteiger partial charge in [-0.25, -0.2) is 8.42 Å². The molecule has 2 aromatic rings. The molecular formula is C12H13N3O5S. The van der Waals surface area contributed by atoms with Gasteiger partial charge in [-0.3, -0.25) is 24.5 Å². The quantitative estimate of drug-likeness (QED) is 0.619. The number of carboxylic acids is 1. The summed E-state index contributed by atoms with van der Waals surface area (Å²) >= 11 is 0. The van der Waals surface area contributed by atoms with E-state index in [1.807, 2.05) is 0 Å². The van der Waals surface area contributed by atoms with Gasteiger partial charge >= 0.3 is 5.97 Å². The van der Waals surface area contributed by atoms with Crippen molar-refractivity contribution in [2.24, 2.45) is 0 Å². The van der Waals surface area contributed by atoms with E-state index in [1.54, 1.807) is 12.1 Å². The Labute approximate surface area is 119 Å². The first-order valence-corrected chi connectivity index (χ1v) is 7.61. The van der Waals surface area contributed by atoms with E-state index in [2.05, 4.69) is 14.9 Å². The van der Waals surface area contributed by atoms with E-state index < -0.39 is 28.2 Å². The minimum atomic E-state index is -3.70. The Bertz CT molecular complexity index is 789. The molecule has 112 valence electrons. The van der Waals surface area contributed by atoms with E-state index in [0.29, 0.717) is 16.9 Å². The van der Waals surface area contributed by atoms with Crippen LogP contribution in [0.2, 0.25) is 0 Å². The molecule has 8 nitrogen and oxygen atoms in total. The topological polar surface area (TPSA) is 132 Å². The second-order valence-corrected chi connectivity index (χ2v) is 6.16. The second-order valence-electron chi connectivity index (χ2n) is 4.31. The zero-order valence-electron chi connectivity index (χ0n) is 10.8. The van der Waals surface area contributed by atoms with Crippen LogP contribution < -0.4 is 10.3 Å². The van der Waals surface area contributed by atoms with E-state index in [4.69, 9.17) is 5.11 Å². The van der Waals surface area contributed by atoms with Crippen molar-refractivity contribution in [1.29, 1.82) is 0 Å². The highest BCUT2D eigenvalue weighted by molar-refractivity contribution is 7.92. The molecule has 0 bridgehead atoms. The number of rotatable bonds is 6. The molecule has 0 spiro atoms. The fourth-order valence-corrected chi connectivity index (χ4v) is 2.70. The maximum atomic E-state index is 11.6. The number of carboxylic acid groups (broad SMARTS) is 1. The molecule has 0 amide bonds.